The van der Waals surface area contributed by atoms with Crippen LogP contribution in [-0.4, -0.2) is 40.2 Å². The molecular formula is C13H19N3O4. The summed E-state index contributed by atoms with van der Waals surface area (Å²) in [5.41, 5.74) is -0.283. The van der Waals surface area contributed by atoms with Gasteiger partial charge in [0.15, 0.2) is 0 Å². The minimum Gasteiger partial charge on any atom is -0.481 e. The molecule has 2 N–H and O–H groups in total. The topological polar surface area (TPSA) is 101 Å². The van der Waals surface area contributed by atoms with E-state index in [0.29, 0.717) is 5.82 Å². The molecule has 0 aromatic carbocycles. The molecule has 0 amide bonds. The number of nitrogens with one attached hydrogen (secondary N) is 1. The molecule has 0 saturated heterocycles. The molecule has 0 aliphatic rings. The zero-order chi connectivity index (χ0) is 15.3. The highest BCUT2D eigenvalue weighted by molar-refractivity contribution is 5.85. The average Bonchev–Trinajstić information content (AvgIpc) is 2.36. The Morgan fingerprint density at radius 2 is 2.10 bits per heavy atom. The van der Waals surface area contributed by atoms with Crippen molar-refractivity contribution in [3.8, 4) is 0 Å². The van der Waals surface area contributed by atoms with Crippen LogP contribution in [-0.2, 0) is 9.53 Å². The van der Waals surface area contributed by atoms with Gasteiger partial charge in [-0.2, -0.15) is 0 Å². The number of hydrogen-bond acceptors (Lipinski definition) is 6. The second-order valence-electron chi connectivity index (χ2n) is 5.42. The van der Waals surface area contributed by atoms with E-state index < -0.39 is 11.9 Å². The highest BCUT2D eigenvalue weighted by atomic mass is 16.5. The van der Waals surface area contributed by atoms with Crippen molar-refractivity contribution in [1.82, 2.24) is 9.97 Å². The Balaban J connectivity index is 2.94. The second-order valence-corrected chi connectivity index (χ2v) is 5.42. The third-order valence-electron chi connectivity index (χ3n) is 2.77. The maximum atomic E-state index is 11.4. The van der Waals surface area contributed by atoms with Crippen LogP contribution in [0.1, 0.15) is 37.8 Å². The van der Waals surface area contributed by atoms with Crippen molar-refractivity contribution in [2.75, 3.05) is 12.4 Å². The molecule has 0 aliphatic heterocycles. The molecule has 0 spiro atoms. The zero-order valence-electron chi connectivity index (χ0n) is 12.0. The van der Waals surface area contributed by atoms with Crippen molar-refractivity contribution in [3.63, 3.8) is 0 Å². The van der Waals surface area contributed by atoms with Crippen LogP contribution >= 0.6 is 0 Å². The van der Waals surface area contributed by atoms with Crippen LogP contribution in [0.15, 0.2) is 12.3 Å². The smallest absolute Gasteiger partial charge is 0.376 e. The monoisotopic (exact) mass is 281 g/mol. The van der Waals surface area contributed by atoms with Crippen LogP contribution in [0.3, 0.4) is 0 Å². The van der Waals surface area contributed by atoms with E-state index in [1.54, 1.807) is 6.07 Å². The normalized spacial score (nSPS) is 12.6. The van der Waals surface area contributed by atoms with E-state index in [9.17, 15) is 9.59 Å². The number of hydrogen-bond donors (Lipinski definition) is 2. The lowest BCUT2D eigenvalue weighted by atomic mass is 9.85. The summed E-state index contributed by atoms with van der Waals surface area (Å²) in [7, 11) is 1.24. The molecule has 7 heteroatoms. The van der Waals surface area contributed by atoms with Crippen LogP contribution in [0.5, 0.6) is 0 Å². The number of methoxy groups -OCH3 is 1. The number of carboxylic acids is 1. The first-order chi connectivity index (χ1) is 9.24. The summed E-state index contributed by atoms with van der Waals surface area (Å²) in [5, 5.41) is 12.0. The molecule has 0 fully saturated rings. The van der Waals surface area contributed by atoms with E-state index in [2.05, 4.69) is 20.0 Å². The molecule has 1 aromatic heterocycles. The average molecular weight is 281 g/mol. The lowest BCUT2D eigenvalue weighted by molar-refractivity contribution is -0.137. The summed E-state index contributed by atoms with van der Waals surface area (Å²) in [6.07, 6.45) is 1.36. The van der Waals surface area contributed by atoms with Gasteiger partial charge >= 0.3 is 11.9 Å². The predicted molar refractivity (Wildman–Crippen MR) is 72.5 cm³/mol. The number of aromatic nitrogens is 2. The van der Waals surface area contributed by atoms with Gasteiger partial charge in [0.2, 0.25) is 5.82 Å². The number of rotatable bonds is 5. The van der Waals surface area contributed by atoms with Gasteiger partial charge in [0, 0.05) is 12.2 Å². The third-order valence-corrected chi connectivity index (χ3v) is 2.77. The maximum Gasteiger partial charge on any atom is 0.376 e. The zero-order valence-corrected chi connectivity index (χ0v) is 12.0. The van der Waals surface area contributed by atoms with E-state index >= 15 is 0 Å². The Hall–Kier alpha value is -2.18. The number of anilines is 1. The first kappa shape index (κ1) is 15.9. The van der Waals surface area contributed by atoms with Gasteiger partial charge in [-0.25, -0.2) is 14.8 Å². The van der Waals surface area contributed by atoms with Gasteiger partial charge in [0.1, 0.15) is 5.82 Å². The fourth-order valence-corrected chi connectivity index (χ4v) is 1.56. The van der Waals surface area contributed by atoms with Crippen LogP contribution < -0.4 is 5.32 Å². The molecular weight excluding hydrogens is 262 g/mol. The Labute approximate surface area is 117 Å². The minimum absolute atomic E-state index is 0.0545. The molecule has 0 radical (unpaired) electrons. The molecule has 110 valence electrons. The summed E-state index contributed by atoms with van der Waals surface area (Å²) in [6.45, 7) is 5.78. The Bertz CT molecular complexity index is 497. The molecule has 1 atom stereocenters. The van der Waals surface area contributed by atoms with Gasteiger partial charge in [-0.1, -0.05) is 20.8 Å². The van der Waals surface area contributed by atoms with E-state index in [1.165, 1.54) is 13.3 Å². The van der Waals surface area contributed by atoms with Crippen molar-refractivity contribution in [2.45, 2.75) is 33.2 Å². The van der Waals surface area contributed by atoms with Gasteiger partial charge < -0.3 is 15.2 Å². The van der Waals surface area contributed by atoms with Gasteiger partial charge in [0.05, 0.1) is 13.5 Å². The fraction of sp³-hybridized carbons (Fsp3) is 0.538. The summed E-state index contributed by atoms with van der Waals surface area (Å²) in [5.74, 6) is -1.22. The van der Waals surface area contributed by atoms with Crippen LogP contribution in [0.25, 0.3) is 0 Å². The number of nitrogens with zero attached hydrogens (tertiary/aromatic N) is 2. The maximum absolute atomic E-state index is 11.4. The van der Waals surface area contributed by atoms with Gasteiger partial charge in [-0.15, -0.1) is 0 Å². The Kier molecular flexibility index (Phi) is 5.01. The van der Waals surface area contributed by atoms with Gasteiger partial charge in [-0.3, -0.25) is 4.79 Å². The highest BCUT2D eigenvalue weighted by Gasteiger charge is 2.27. The lowest BCUT2D eigenvalue weighted by Crippen LogP contribution is -2.36. The predicted octanol–water partition coefficient (Wildman–Crippen LogP) is 1.56. The molecule has 0 bridgehead atoms. The van der Waals surface area contributed by atoms with Crippen LogP contribution in [0.2, 0.25) is 0 Å². The van der Waals surface area contributed by atoms with E-state index in [-0.39, 0.29) is 23.7 Å². The number of ether oxygens (including phenoxy) is 1. The first-order valence-electron chi connectivity index (χ1n) is 6.13. The molecule has 1 heterocycles. The number of carboxylic acid groups (broad SMARTS) is 1. The Morgan fingerprint density at radius 3 is 2.60 bits per heavy atom. The third kappa shape index (κ3) is 4.49. The number of carbonyl (C=O) groups is 2. The summed E-state index contributed by atoms with van der Waals surface area (Å²) in [6, 6.07) is 1.24. The van der Waals surface area contributed by atoms with Crippen LogP contribution in [0, 0.1) is 5.41 Å². The second kappa shape index (κ2) is 6.31. The fourth-order valence-electron chi connectivity index (χ4n) is 1.56. The summed E-state index contributed by atoms with van der Waals surface area (Å²) < 4.78 is 4.54. The van der Waals surface area contributed by atoms with Gasteiger partial charge in [0.25, 0.3) is 0 Å². The summed E-state index contributed by atoms with van der Waals surface area (Å²) >= 11 is 0. The molecule has 7 nitrogen and oxygen atoms in total. The number of aliphatic carboxylic acids is 1. The van der Waals surface area contributed by atoms with E-state index in [4.69, 9.17) is 5.11 Å². The number of carbonyl (C=O) groups excluding carboxylic acids is 1. The van der Waals surface area contributed by atoms with E-state index in [0.717, 1.165) is 0 Å². The quantitative estimate of drug-likeness (QED) is 0.790. The minimum atomic E-state index is -0.903. The van der Waals surface area contributed by atoms with Crippen LogP contribution in [0.4, 0.5) is 5.82 Å². The lowest BCUT2D eigenvalue weighted by Gasteiger charge is -2.30. The SMILES string of the molecule is COC(=O)c1nccc(NC(CC(=O)O)C(C)(C)C)n1. The van der Waals surface area contributed by atoms with Crippen molar-refractivity contribution in [3.05, 3.63) is 18.1 Å². The first-order valence-corrected chi connectivity index (χ1v) is 6.13. The molecule has 0 aliphatic carbocycles. The Morgan fingerprint density at radius 1 is 1.45 bits per heavy atom. The number of esters is 1. The molecule has 1 rings (SSSR count). The molecule has 1 aromatic rings. The molecule has 20 heavy (non-hydrogen) atoms. The van der Waals surface area contributed by atoms with Gasteiger partial charge in [-0.05, 0) is 11.5 Å². The summed E-state index contributed by atoms with van der Waals surface area (Å²) in [4.78, 5) is 30.1. The van der Waals surface area contributed by atoms with Crippen molar-refractivity contribution < 1.29 is 19.4 Å². The largest absolute Gasteiger partial charge is 0.481 e. The van der Waals surface area contributed by atoms with Crippen molar-refractivity contribution in [2.24, 2.45) is 5.41 Å². The molecule has 0 saturated carbocycles. The standard InChI is InChI=1S/C13H19N3O4/c1-13(2,3)8(7-10(17)18)15-9-5-6-14-11(16-9)12(19)20-4/h5-6,8H,7H2,1-4H3,(H,17,18)(H,14,15,16). The van der Waals surface area contributed by atoms with E-state index in [1.807, 2.05) is 20.8 Å². The van der Waals surface area contributed by atoms with Crippen molar-refractivity contribution in [1.29, 1.82) is 0 Å². The molecule has 1 unspecified atom stereocenters. The highest BCUT2D eigenvalue weighted by Crippen LogP contribution is 2.25. The van der Waals surface area contributed by atoms with Crippen molar-refractivity contribution >= 4 is 17.8 Å².